The van der Waals surface area contributed by atoms with E-state index < -0.39 is 24.0 Å². The van der Waals surface area contributed by atoms with E-state index in [4.69, 9.17) is 9.84 Å². The minimum Gasteiger partial charge on any atom is -0.479 e. The topological polar surface area (TPSA) is 89.9 Å². The van der Waals surface area contributed by atoms with E-state index in [-0.39, 0.29) is 25.2 Å². The van der Waals surface area contributed by atoms with Gasteiger partial charge in [0.1, 0.15) is 12.2 Å². The minimum absolute atomic E-state index is 0.0623. The number of aliphatic carboxylic acids is 1. The number of carboxylic acid groups (broad SMARTS) is 1. The predicted octanol–water partition coefficient (Wildman–Crippen LogP) is -0.392. The van der Waals surface area contributed by atoms with Gasteiger partial charge in [0.15, 0.2) is 6.10 Å². The molecule has 1 fully saturated rings. The zero-order chi connectivity index (χ0) is 11.4. The third-order valence-corrected chi connectivity index (χ3v) is 2.27. The summed E-state index contributed by atoms with van der Waals surface area (Å²) >= 11 is 0. The van der Waals surface area contributed by atoms with Gasteiger partial charge in [-0.2, -0.15) is 0 Å². The normalized spacial score (nSPS) is 24.9. The minimum atomic E-state index is -1.08. The van der Waals surface area contributed by atoms with Crippen molar-refractivity contribution >= 4 is 17.7 Å². The van der Waals surface area contributed by atoms with Crippen LogP contribution in [0.2, 0.25) is 0 Å². The zero-order valence-electron chi connectivity index (χ0n) is 8.26. The number of Topliss-reactive ketones (excluding diaryl/α,β-unsaturated/α-hetero) is 1. The van der Waals surface area contributed by atoms with Gasteiger partial charge in [0.2, 0.25) is 0 Å². The van der Waals surface area contributed by atoms with Crippen molar-refractivity contribution in [1.29, 1.82) is 0 Å². The van der Waals surface area contributed by atoms with Crippen molar-refractivity contribution in [2.45, 2.75) is 18.9 Å². The van der Waals surface area contributed by atoms with Gasteiger partial charge in [-0.3, -0.25) is 9.59 Å². The van der Waals surface area contributed by atoms with Crippen LogP contribution in [-0.4, -0.2) is 42.6 Å². The molecule has 1 heterocycles. The van der Waals surface area contributed by atoms with Gasteiger partial charge >= 0.3 is 11.9 Å². The lowest BCUT2D eigenvalue weighted by atomic mass is 9.98. The van der Waals surface area contributed by atoms with Crippen molar-refractivity contribution in [3.63, 3.8) is 0 Å². The summed E-state index contributed by atoms with van der Waals surface area (Å²) in [5.41, 5.74) is 0. The molecule has 84 valence electrons. The zero-order valence-corrected chi connectivity index (χ0v) is 8.26. The van der Waals surface area contributed by atoms with Gasteiger partial charge in [0.05, 0.1) is 13.7 Å². The number of ether oxygens (including phenoxy) is 2. The summed E-state index contributed by atoms with van der Waals surface area (Å²) in [6.45, 7) is 0.0623. The maximum atomic E-state index is 11.4. The van der Waals surface area contributed by atoms with E-state index in [9.17, 15) is 14.4 Å². The molecule has 1 aliphatic heterocycles. The molecule has 0 aromatic heterocycles. The maximum Gasteiger partial charge on any atom is 0.332 e. The first-order valence-corrected chi connectivity index (χ1v) is 4.48. The van der Waals surface area contributed by atoms with Crippen LogP contribution in [-0.2, 0) is 23.9 Å². The Morgan fingerprint density at radius 2 is 2.13 bits per heavy atom. The van der Waals surface area contributed by atoms with Gasteiger partial charge < -0.3 is 14.6 Å². The van der Waals surface area contributed by atoms with E-state index in [1.807, 2.05) is 0 Å². The van der Waals surface area contributed by atoms with Crippen molar-refractivity contribution in [2.24, 2.45) is 5.92 Å². The van der Waals surface area contributed by atoms with Gasteiger partial charge in [-0.25, -0.2) is 4.79 Å². The second-order valence-electron chi connectivity index (χ2n) is 3.31. The number of carbonyl (C=O) groups excluding carboxylic acids is 2. The molecular formula is C9H12O6. The van der Waals surface area contributed by atoms with E-state index in [2.05, 4.69) is 4.74 Å². The van der Waals surface area contributed by atoms with Gasteiger partial charge in [-0.1, -0.05) is 0 Å². The molecule has 1 aliphatic rings. The highest BCUT2D eigenvalue weighted by Gasteiger charge is 2.35. The standard InChI is InChI=1S/C9H12O6/c1-14-8(11)3-6(10)5-2-7(9(12)13)15-4-5/h5,7H,2-4H2,1H3,(H,12,13). The smallest absolute Gasteiger partial charge is 0.332 e. The second-order valence-corrected chi connectivity index (χ2v) is 3.31. The molecule has 1 saturated heterocycles. The first-order valence-electron chi connectivity index (χ1n) is 4.48. The van der Waals surface area contributed by atoms with Crippen molar-refractivity contribution in [2.75, 3.05) is 13.7 Å². The van der Waals surface area contributed by atoms with Crippen LogP contribution >= 0.6 is 0 Å². The molecule has 1 N–H and O–H groups in total. The molecule has 0 aromatic rings. The third kappa shape index (κ3) is 3.02. The number of hydrogen-bond acceptors (Lipinski definition) is 5. The summed E-state index contributed by atoms with van der Waals surface area (Å²) < 4.78 is 9.23. The summed E-state index contributed by atoms with van der Waals surface area (Å²) in [4.78, 5) is 32.7. The van der Waals surface area contributed by atoms with Gasteiger partial charge in [-0.05, 0) is 6.42 Å². The molecule has 6 heteroatoms. The van der Waals surface area contributed by atoms with Crippen LogP contribution in [0.25, 0.3) is 0 Å². The molecule has 1 rings (SSSR count). The highest BCUT2D eigenvalue weighted by molar-refractivity contribution is 5.97. The number of methoxy groups -OCH3 is 1. The number of carboxylic acids is 1. The molecule has 2 atom stereocenters. The summed E-state index contributed by atoms with van der Waals surface area (Å²) in [6, 6.07) is 0. The molecule has 0 amide bonds. The van der Waals surface area contributed by atoms with E-state index in [0.717, 1.165) is 0 Å². The SMILES string of the molecule is COC(=O)CC(=O)C1COC(C(=O)O)C1. The monoisotopic (exact) mass is 216 g/mol. The summed E-state index contributed by atoms with van der Waals surface area (Å²) in [5, 5.41) is 8.61. The number of ketones is 1. The number of carbonyl (C=O) groups is 3. The third-order valence-electron chi connectivity index (χ3n) is 2.27. The average Bonchev–Trinajstić information content (AvgIpc) is 2.66. The molecule has 15 heavy (non-hydrogen) atoms. The van der Waals surface area contributed by atoms with Crippen LogP contribution in [0.5, 0.6) is 0 Å². The molecule has 0 saturated carbocycles. The summed E-state index contributed by atoms with van der Waals surface area (Å²) in [6.07, 6.45) is -1.13. The first kappa shape index (κ1) is 11.6. The maximum absolute atomic E-state index is 11.4. The molecule has 6 nitrogen and oxygen atoms in total. The van der Waals surface area contributed by atoms with E-state index in [1.54, 1.807) is 0 Å². The lowest BCUT2D eigenvalue weighted by molar-refractivity contribution is -0.147. The van der Waals surface area contributed by atoms with Crippen LogP contribution in [0, 0.1) is 5.92 Å². The van der Waals surface area contributed by atoms with Crippen molar-refractivity contribution in [1.82, 2.24) is 0 Å². The highest BCUT2D eigenvalue weighted by Crippen LogP contribution is 2.21. The van der Waals surface area contributed by atoms with Crippen LogP contribution in [0.4, 0.5) is 0 Å². The Labute approximate surface area is 86.2 Å². The van der Waals surface area contributed by atoms with Crippen LogP contribution < -0.4 is 0 Å². The van der Waals surface area contributed by atoms with Crippen LogP contribution in [0.15, 0.2) is 0 Å². The Hall–Kier alpha value is -1.43. The number of esters is 1. The Bertz CT molecular complexity index is 284. The fourth-order valence-electron chi connectivity index (χ4n) is 1.38. The second kappa shape index (κ2) is 4.88. The lowest BCUT2D eigenvalue weighted by Gasteiger charge is -2.04. The van der Waals surface area contributed by atoms with E-state index in [0.29, 0.717) is 0 Å². The number of rotatable bonds is 4. The van der Waals surface area contributed by atoms with E-state index >= 15 is 0 Å². The molecule has 2 unspecified atom stereocenters. The van der Waals surface area contributed by atoms with Crippen molar-refractivity contribution in [3.8, 4) is 0 Å². The molecule has 0 spiro atoms. The van der Waals surface area contributed by atoms with E-state index in [1.165, 1.54) is 7.11 Å². The predicted molar refractivity (Wildman–Crippen MR) is 47.1 cm³/mol. The highest BCUT2D eigenvalue weighted by atomic mass is 16.5. The van der Waals surface area contributed by atoms with Crippen LogP contribution in [0.3, 0.4) is 0 Å². The molecule has 0 aliphatic carbocycles. The number of hydrogen-bond donors (Lipinski definition) is 1. The lowest BCUT2D eigenvalue weighted by Crippen LogP contribution is -2.21. The quantitative estimate of drug-likeness (QED) is 0.508. The van der Waals surface area contributed by atoms with Gasteiger partial charge in [0, 0.05) is 5.92 Å². The molecule has 0 radical (unpaired) electrons. The largest absolute Gasteiger partial charge is 0.479 e. The Balaban J connectivity index is 2.43. The summed E-state index contributed by atoms with van der Waals surface area (Å²) in [5.74, 6) is -2.53. The Morgan fingerprint density at radius 3 is 2.60 bits per heavy atom. The van der Waals surface area contributed by atoms with Crippen LogP contribution in [0.1, 0.15) is 12.8 Å². The summed E-state index contributed by atoms with van der Waals surface area (Å²) in [7, 11) is 1.20. The molecular weight excluding hydrogens is 204 g/mol. The molecule has 0 aromatic carbocycles. The first-order chi connectivity index (χ1) is 7.04. The van der Waals surface area contributed by atoms with Gasteiger partial charge in [0.25, 0.3) is 0 Å². The van der Waals surface area contributed by atoms with Crippen molar-refractivity contribution in [3.05, 3.63) is 0 Å². The average molecular weight is 216 g/mol. The molecule has 0 bridgehead atoms. The fourth-order valence-corrected chi connectivity index (χ4v) is 1.38. The van der Waals surface area contributed by atoms with Gasteiger partial charge in [-0.15, -0.1) is 0 Å². The Kier molecular flexibility index (Phi) is 3.79. The fraction of sp³-hybridized carbons (Fsp3) is 0.667. The Morgan fingerprint density at radius 1 is 1.47 bits per heavy atom. The van der Waals surface area contributed by atoms with Crippen molar-refractivity contribution < 1.29 is 29.0 Å².